The Kier molecular flexibility index (Phi) is 7.16. The van der Waals surface area contributed by atoms with Gasteiger partial charge < -0.3 is 19.3 Å². The zero-order chi connectivity index (χ0) is 22.3. The molecule has 3 aromatic rings. The molecule has 3 N–H and O–H groups in total. The van der Waals surface area contributed by atoms with Crippen molar-refractivity contribution in [3.8, 4) is 5.75 Å². The second-order valence-electron chi connectivity index (χ2n) is 7.47. The summed E-state index contributed by atoms with van der Waals surface area (Å²) >= 11 is 5.31. The Bertz CT molecular complexity index is 1080. The van der Waals surface area contributed by atoms with E-state index in [0.29, 0.717) is 18.0 Å². The Morgan fingerprint density at radius 1 is 1.16 bits per heavy atom. The van der Waals surface area contributed by atoms with Gasteiger partial charge in [-0.25, -0.2) is 0 Å². The van der Waals surface area contributed by atoms with Gasteiger partial charge in [-0.2, -0.15) is 5.48 Å². The molecule has 0 spiro atoms. The number of benzene rings is 2. The second kappa shape index (κ2) is 10.4. The summed E-state index contributed by atoms with van der Waals surface area (Å²) in [4.78, 5) is 17.7. The van der Waals surface area contributed by atoms with Gasteiger partial charge in [0, 0.05) is 23.7 Å². The van der Waals surface area contributed by atoms with Gasteiger partial charge in [-0.1, -0.05) is 36.4 Å². The quantitative estimate of drug-likeness (QED) is 0.360. The number of furan rings is 1. The minimum absolute atomic E-state index is 0.0118. The van der Waals surface area contributed by atoms with Gasteiger partial charge in [0.2, 0.25) is 0 Å². The smallest absolute Gasteiger partial charge is 0.293 e. The summed E-state index contributed by atoms with van der Waals surface area (Å²) in [6.07, 6.45) is 2.68. The monoisotopic (exact) mass is 451 g/mol. The molecule has 1 aliphatic rings. The SMILES string of the molecule is CONC1CCCc2oc(C(=O)NC(=S)Nc3cccc(OCc4ccccc4)c3)cc21. The molecule has 1 heterocycles. The summed E-state index contributed by atoms with van der Waals surface area (Å²) in [5.74, 6) is 1.33. The lowest BCUT2D eigenvalue weighted by Crippen LogP contribution is -2.33. The van der Waals surface area contributed by atoms with E-state index in [1.807, 2.05) is 54.6 Å². The highest BCUT2D eigenvalue weighted by molar-refractivity contribution is 7.80. The first-order valence-corrected chi connectivity index (χ1v) is 10.8. The van der Waals surface area contributed by atoms with Crippen LogP contribution in [0.2, 0.25) is 0 Å². The molecule has 166 valence electrons. The fraction of sp³-hybridized carbons (Fsp3) is 0.250. The molecule has 32 heavy (non-hydrogen) atoms. The maximum absolute atomic E-state index is 12.6. The number of rotatable bonds is 7. The Balaban J connectivity index is 1.34. The lowest BCUT2D eigenvalue weighted by molar-refractivity contribution is 0.0543. The van der Waals surface area contributed by atoms with Crippen LogP contribution in [0.3, 0.4) is 0 Å². The standard InChI is InChI=1S/C24H25N3O4S/c1-29-27-20-11-6-12-21-19(20)14-22(31-21)23(28)26-24(32)25-17-9-5-10-18(13-17)30-15-16-7-3-2-4-8-16/h2-5,7-10,13-14,20,27H,6,11-12,15H2,1H3,(H2,25,26,28,32). The minimum Gasteiger partial charge on any atom is -0.489 e. The summed E-state index contributed by atoms with van der Waals surface area (Å²) < 4.78 is 11.6. The van der Waals surface area contributed by atoms with E-state index in [-0.39, 0.29) is 16.9 Å². The number of amides is 1. The Hall–Kier alpha value is -3.20. The number of hydrogen-bond acceptors (Lipinski definition) is 6. The maximum atomic E-state index is 12.6. The average Bonchev–Trinajstić information content (AvgIpc) is 3.24. The van der Waals surface area contributed by atoms with Crippen molar-refractivity contribution in [3.63, 3.8) is 0 Å². The molecule has 1 atom stereocenters. The van der Waals surface area contributed by atoms with Crippen LogP contribution in [-0.4, -0.2) is 18.1 Å². The van der Waals surface area contributed by atoms with Gasteiger partial charge in [-0.3, -0.25) is 10.1 Å². The Labute approximate surface area is 192 Å². The first-order valence-electron chi connectivity index (χ1n) is 10.4. The fourth-order valence-electron chi connectivity index (χ4n) is 3.66. The summed E-state index contributed by atoms with van der Waals surface area (Å²) in [5, 5.41) is 5.87. The van der Waals surface area contributed by atoms with Gasteiger partial charge in [-0.05, 0) is 48.8 Å². The third kappa shape index (κ3) is 5.53. The maximum Gasteiger partial charge on any atom is 0.293 e. The van der Waals surface area contributed by atoms with Crippen molar-refractivity contribution < 1.29 is 18.8 Å². The van der Waals surface area contributed by atoms with Crippen LogP contribution in [0.25, 0.3) is 0 Å². The molecule has 0 saturated heterocycles. The van der Waals surface area contributed by atoms with Crippen LogP contribution in [0.1, 0.15) is 46.3 Å². The van der Waals surface area contributed by atoms with E-state index in [2.05, 4.69) is 16.1 Å². The molecule has 1 aliphatic carbocycles. The van der Waals surface area contributed by atoms with Crippen molar-refractivity contribution in [2.75, 3.05) is 12.4 Å². The van der Waals surface area contributed by atoms with Crippen molar-refractivity contribution in [3.05, 3.63) is 83.3 Å². The molecule has 0 radical (unpaired) electrons. The summed E-state index contributed by atoms with van der Waals surface area (Å²) in [7, 11) is 1.58. The molecule has 0 saturated carbocycles. The van der Waals surface area contributed by atoms with E-state index in [1.165, 1.54) is 0 Å². The number of hydroxylamine groups is 1. The Morgan fingerprint density at radius 3 is 2.81 bits per heavy atom. The van der Waals surface area contributed by atoms with Crippen LogP contribution in [0.15, 0.2) is 65.1 Å². The largest absolute Gasteiger partial charge is 0.489 e. The topological polar surface area (TPSA) is 84.8 Å². The summed E-state index contributed by atoms with van der Waals surface area (Å²) in [6, 6.07) is 19.1. The molecule has 0 aliphatic heterocycles. The predicted octanol–water partition coefficient (Wildman–Crippen LogP) is 4.51. The molecule has 7 nitrogen and oxygen atoms in total. The zero-order valence-electron chi connectivity index (χ0n) is 17.7. The first kappa shape index (κ1) is 22.0. The van der Waals surface area contributed by atoms with Crippen LogP contribution >= 0.6 is 12.2 Å². The Morgan fingerprint density at radius 2 is 2.00 bits per heavy atom. The number of ether oxygens (including phenoxy) is 1. The van der Waals surface area contributed by atoms with Crippen molar-refractivity contribution >= 4 is 28.9 Å². The van der Waals surface area contributed by atoms with Gasteiger partial charge in [0.25, 0.3) is 5.91 Å². The van der Waals surface area contributed by atoms with Crippen LogP contribution in [0.5, 0.6) is 5.75 Å². The molecular weight excluding hydrogens is 426 g/mol. The zero-order valence-corrected chi connectivity index (χ0v) is 18.5. The van der Waals surface area contributed by atoms with Crippen LogP contribution in [-0.2, 0) is 17.9 Å². The average molecular weight is 452 g/mol. The van der Waals surface area contributed by atoms with Crippen LogP contribution in [0.4, 0.5) is 5.69 Å². The number of carbonyl (C=O) groups excluding carboxylic acids is 1. The fourth-order valence-corrected chi connectivity index (χ4v) is 3.87. The predicted molar refractivity (Wildman–Crippen MR) is 125 cm³/mol. The lowest BCUT2D eigenvalue weighted by Gasteiger charge is -2.20. The van der Waals surface area contributed by atoms with Gasteiger partial charge in [0.1, 0.15) is 18.1 Å². The number of aryl methyl sites for hydroxylation is 1. The van der Waals surface area contributed by atoms with E-state index in [1.54, 1.807) is 13.2 Å². The molecule has 8 heteroatoms. The van der Waals surface area contributed by atoms with E-state index in [4.69, 9.17) is 26.2 Å². The van der Waals surface area contributed by atoms with Crippen molar-refractivity contribution in [2.24, 2.45) is 0 Å². The normalized spacial score (nSPS) is 15.0. The van der Waals surface area contributed by atoms with Crippen molar-refractivity contribution in [2.45, 2.75) is 31.9 Å². The highest BCUT2D eigenvalue weighted by Gasteiger charge is 2.26. The van der Waals surface area contributed by atoms with Crippen LogP contribution in [0, 0.1) is 0 Å². The van der Waals surface area contributed by atoms with Gasteiger partial charge >= 0.3 is 0 Å². The van der Waals surface area contributed by atoms with Gasteiger partial charge in [-0.15, -0.1) is 0 Å². The molecule has 1 amide bonds. The molecule has 1 unspecified atom stereocenters. The number of hydrogen-bond donors (Lipinski definition) is 3. The summed E-state index contributed by atoms with van der Waals surface area (Å²) in [5.41, 5.74) is 5.69. The van der Waals surface area contributed by atoms with E-state index in [9.17, 15) is 4.79 Å². The first-order chi connectivity index (χ1) is 15.6. The number of anilines is 1. The molecule has 1 aromatic heterocycles. The molecule has 4 rings (SSSR count). The number of carbonyl (C=O) groups is 1. The van der Waals surface area contributed by atoms with Crippen LogP contribution < -0.4 is 20.9 Å². The second-order valence-corrected chi connectivity index (χ2v) is 7.87. The number of thiocarbonyl (C=S) groups is 1. The van der Waals surface area contributed by atoms with Crippen molar-refractivity contribution in [1.29, 1.82) is 0 Å². The van der Waals surface area contributed by atoms with E-state index >= 15 is 0 Å². The number of fused-ring (bicyclic) bond motifs is 1. The van der Waals surface area contributed by atoms with Gasteiger partial charge in [0.15, 0.2) is 10.9 Å². The third-order valence-corrected chi connectivity index (χ3v) is 5.37. The summed E-state index contributed by atoms with van der Waals surface area (Å²) in [6.45, 7) is 0.466. The molecule has 2 aromatic carbocycles. The highest BCUT2D eigenvalue weighted by Crippen LogP contribution is 2.32. The lowest BCUT2D eigenvalue weighted by atomic mass is 9.94. The van der Waals surface area contributed by atoms with E-state index in [0.717, 1.165) is 36.1 Å². The van der Waals surface area contributed by atoms with E-state index < -0.39 is 5.91 Å². The highest BCUT2D eigenvalue weighted by atomic mass is 32.1. The van der Waals surface area contributed by atoms with Gasteiger partial charge in [0.05, 0.1) is 13.2 Å². The van der Waals surface area contributed by atoms with Crippen molar-refractivity contribution in [1.82, 2.24) is 10.8 Å². The molecule has 0 bridgehead atoms. The molecule has 0 fully saturated rings. The minimum atomic E-state index is -0.399. The molecular formula is C24H25N3O4S. The third-order valence-electron chi connectivity index (χ3n) is 5.16. The number of nitrogens with one attached hydrogen (secondary N) is 3.